The van der Waals surface area contributed by atoms with Crippen LogP contribution in [0.1, 0.15) is 44.3 Å². The Morgan fingerprint density at radius 3 is 2.46 bits per heavy atom. The fourth-order valence-electron chi connectivity index (χ4n) is 2.38. The number of rotatable bonds is 5. The van der Waals surface area contributed by atoms with Gasteiger partial charge in [-0.15, -0.1) is 0 Å². The zero-order chi connectivity index (χ0) is 17.3. The molecular formula is C18H23N5O. The molecule has 2 aromatic heterocycles. The molecule has 2 heterocycles. The summed E-state index contributed by atoms with van der Waals surface area (Å²) in [5.41, 5.74) is 0.883. The van der Waals surface area contributed by atoms with E-state index in [4.69, 9.17) is 4.42 Å². The van der Waals surface area contributed by atoms with E-state index in [1.165, 1.54) is 0 Å². The van der Waals surface area contributed by atoms with Crippen LogP contribution < -0.4 is 10.2 Å². The van der Waals surface area contributed by atoms with E-state index in [-0.39, 0.29) is 12.0 Å². The number of furan rings is 1. The number of anilines is 2. The van der Waals surface area contributed by atoms with Crippen molar-refractivity contribution in [3.8, 4) is 0 Å². The van der Waals surface area contributed by atoms with Crippen LogP contribution in [-0.2, 0) is 0 Å². The van der Waals surface area contributed by atoms with Crippen molar-refractivity contribution in [3.05, 3.63) is 41.9 Å². The van der Waals surface area contributed by atoms with Gasteiger partial charge in [0.2, 0.25) is 11.9 Å². The lowest BCUT2D eigenvalue weighted by atomic mass is 10.2. The minimum atomic E-state index is -0.0465. The molecule has 0 bridgehead atoms. The van der Waals surface area contributed by atoms with Gasteiger partial charge in [0.1, 0.15) is 17.2 Å². The molecule has 126 valence electrons. The summed E-state index contributed by atoms with van der Waals surface area (Å²) in [6.07, 6.45) is 0. The highest BCUT2D eigenvalue weighted by Crippen LogP contribution is 2.26. The lowest BCUT2D eigenvalue weighted by Crippen LogP contribution is -2.18. The lowest BCUT2D eigenvalue weighted by molar-refractivity contribution is 0.524. The van der Waals surface area contributed by atoms with Crippen LogP contribution in [0.2, 0.25) is 0 Å². The molecule has 0 saturated heterocycles. The van der Waals surface area contributed by atoms with Gasteiger partial charge >= 0.3 is 0 Å². The Morgan fingerprint density at radius 1 is 1.04 bits per heavy atom. The number of benzene rings is 1. The van der Waals surface area contributed by atoms with Gasteiger partial charge in [0.25, 0.3) is 0 Å². The molecule has 0 aliphatic heterocycles. The van der Waals surface area contributed by atoms with Crippen molar-refractivity contribution in [2.75, 3.05) is 24.3 Å². The summed E-state index contributed by atoms with van der Waals surface area (Å²) in [7, 11) is 3.85. The van der Waals surface area contributed by atoms with Crippen LogP contribution in [0, 0.1) is 0 Å². The maximum atomic E-state index is 5.91. The first-order chi connectivity index (χ1) is 11.4. The Balaban J connectivity index is 1.88. The zero-order valence-corrected chi connectivity index (χ0v) is 14.7. The molecule has 0 radical (unpaired) electrons. The summed E-state index contributed by atoms with van der Waals surface area (Å²) in [5, 5.41) is 4.42. The Hall–Kier alpha value is -2.63. The molecule has 3 aromatic rings. The average Bonchev–Trinajstić information content (AvgIpc) is 2.98. The molecule has 1 unspecified atom stereocenters. The summed E-state index contributed by atoms with van der Waals surface area (Å²) >= 11 is 0. The molecule has 0 fully saturated rings. The van der Waals surface area contributed by atoms with Crippen molar-refractivity contribution >= 4 is 22.9 Å². The van der Waals surface area contributed by atoms with Crippen molar-refractivity contribution in [1.82, 2.24) is 15.0 Å². The van der Waals surface area contributed by atoms with Gasteiger partial charge in [0.15, 0.2) is 0 Å². The third kappa shape index (κ3) is 3.32. The monoisotopic (exact) mass is 325 g/mol. The number of hydrogen-bond donors (Lipinski definition) is 1. The van der Waals surface area contributed by atoms with Crippen LogP contribution in [0.5, 0.6) is 0 Å². The van der Waals surface area contributed by atoms with E-state index >= 15 is 0 Å². The quantitative estimate of drug-likeness (QED) is 0.765. The van der Waals surface area contributed by atoms with Crippen molar-refractivity contribution in [1.29, 1.82) is 0 Å². The second-order valence-electron chi connectivity index (χ2n) is 6.42. The second-order valence-corrected chi connectivity index (χ2v) is 6.42. The first-order valence-corrected chi connectivity index (χ1v) is 8.12. The molecule has 1 atom stereocenters. The Kier molecular flexibility index (Phi) is 4.38. The highest BCUT2D eigenvalue weighted by atomic mass is 16.3. The third-order valence-corrected chi connectivity index (χ3v) is 3.77. The standard InChI is InChI=1S/C18H23N5O/c1-11(2)16-20-17(22-18(21-16)23(4)5)19-12(3)15-10-13-8-6-7-9-14(13)24-15/h6-12H,1-5H3,(H,19,20,21,22). The molecule has 0 amide bonds. The van der Waals surface area contributed by atoms with Gasteiger partial charge in [-0.05, 0) is 19.1 Å². The fourth-order valence-corrected chi connectivity index (χ4v) is 2.38. The third-order valence-electron chi connectivity index (χ3n) is 3.77. The molecule has 3 rings (SSSR count). The number of nitrogens with one attached hydrogen (secondary N) is 1. The molecule has 0 aliphatic carbocycles. The Bertz CT molecular complexity index is 781. The van der Waals surface area contributed by atoms with Gasteiger partial charge in [0.05, 0.1) is 6.04 Å². The molecule has 1 aromatic carbocycles. The van der Waals surface area contributed by atoms with Crippen LogP contribution in [0.25, 0.3) is 11.0 Å². The van der Waals surface area contributed by atoms with Crippen molar-refractivity contribution < 1.29 is 4.42 Å². The first-order valence-electron chi connectivity index (χ1n) is 8.12. The summed E-state index contributed by atoms with van der Waals surface area (Å²) in [6, 6.07) is 9.98. The molecule has 24 heavy (non-hydrogen) atoms. The van der Waals surface area contributed by atoms with Gasteiger partial charge in [-0.25, -0.2) is 0 Å². The van der Waals surface area contributed by atoms with Gasteiger partial charge in [-0.3, -0.25) is 0 Å². The number of para-hydroxylation sites is 1. The molecule has 0 aliphatic rings. The molecule has 6 heteroatoms. The fraction of sp³-hybridized carbons (Fsp3) is 0.389. The molecule has 1 N–H and O–H groups in total. The van der Waals surface area contributed by atoms with Gasteiger partial charge in [0, 0.05) is 25.4 Å². The first kappa shape index (κ1) is 16.2. The predicted octanol–water partition coefficient (Wildman–Crippen LogP) is 3.98. The normalized spacial score (nSPS) is 12.6. The number of nitrogens with zero attached hydrogens (tertiary/aromatic N) is 4. The summed E-state index contributed by atoms with van der Waals surface area (Å²) in [4.78, 5) is 15.4. The van der Waals surface area contributed by atoms with Crippen LogP contribution in [-0.4, -0.2) is 29.0 Å². The Morgan fingerprint density at radius 2 is 1.79 bits per heavy atom. The summed E-state index contributed by atoms with van der Waals surface area (Å²) in [6.45, 7) is 6.17. The van der Waals surface area contributed by atoms with Crippen molar-refractivity contribution in [3.63, 3.8) is 0 Å². The molecular weight excluding hydrogens is 302 g/mol. The van der Waals surface area contributed by atoms with Gasteiger partial charge < -0.3 is 14.6 Å². The van der Waals surface area contributed by atoms with Crippen LogP contribution in [0.3, 0.4) is 0 Å². The number of hydrogen-bond acceptors (Lipinski definition) is 6. The maximum Gasteiger partial charge on any atom is 0.229 e. The average molecular weight is 325 g/mol. The van der Waals surface area contributed by atoms with E-state index in [0.717, 1.165) is 22.6 Å². The van der Waals surface area contributed by atoms with Crippen LogP contribution in [0.4, 0.5) is 11.9 Å². The van der Waals surface area contributed by atoms with Crippen molar-refractivity contribution in [2.24, 2.45) is 0 Å². The predicted molar refractivity (Wildman–Crippen MR) is 96.5 cm³/mol. The summed E-state index contributed by atoms with van der Waals surface area (Å²) in [5.74, 6) is 3.06. The van der Waals surface area contributed by atoms with Crippen LogP contribution >= 0.6 is 0 Å². The maximum absolute atomic E-state index is 5.91. The van der Waals surface area contributed by atoms with Crippen LogP contribution in [0.15, 0.2) is 34.7 Å². The van der Waals surface area contributed by atoms with E-state index in [2.05, 4.69) is 34.1 Å². The van der Waals surface area contributed by atoms with E-state index in [9.17, 15) is 0 Å². The minimum Gasteiger partial charge on any atom is -0.459 e. The zero-order valence-electron chi connectivity index (χ0n) is 14.7. The lowest BCUT2D eigenvalue weighted by Gasteiger charge is -2.16. The number of fused-ring (bicyclic) bond motifs is 1. The van der Waals surface area contributed by atoms with E-state index in [1.807, 2.05) is 56.3 Å². The SMILES string of the molecule is CC(C)c1nc(NC(C)c2cc3ccccc3o2)nc(N(C)C)n1. The van der Waals surface area contributed by atoms with E-state index in [0.29, 0.717) is 11.9 Å². The van der Waals surface area contributed by atoms with Gasteiger partial charge in [-0.2, -0.15) is 15.0 Å². The molecule has 0 saturated carbocycles. The topological polar surface area (TPSA) is 67.1 Å². The van der Waals surface area contributed by atoms with Crippen molar-refractivity contribution in [2.45, 2.75) is 32.7 Å². The van der Waals surface area contributed by atoms with E-state index in [1.54, 1.807) is 0 Å². The second kappa shape index (κ2) is 6.47. The highest BCUT2D eigenvalue weighted by Gasteiger charge is 2.16. The van der Waals surface area contributed by atoms with E-state index < -0.39 is 0 Å². The minimum absolute atomic E-state index is 0.0465. The highest BCUT2D eigenvalue weighted by molar-refractivity contribution is 5.77. The Labute approximate surface area is 141 Å². The smallest absolute Gasteiger partial charge is 0.229 e. The molecule has 0 spiro atoms. The summed E-state index contributed by atoms with van der Waals surface area (Å²) < 4.78 is 5.91. The molecule has 6 nitrogen and oxygen atoms in total. The largest absolute Gasteiger partial charge is 0.459 e. The number of aromatic nitrogens is 3. The van der Waals surface area contributed by atoms with Gasteiger partial charge in [-0.1, -0.05) is 32.0 Å².